The van der Waals surface area contributed by atoms with Gasteiger partial charge in [-0.2, -0.15) is 0 Å². The normalized spacial score (nSPS) is 10.8. The predicted molar refractivity (Wildman–Crippen MR) is 70.6 cm³/mol. The lowest BCUT2D eigenvalue weighted by Gasteiger charge is -1.96. The van der Waals surface area contributed by atoms with Crippen LogP contribution >= 0.6 is 11.6 Å². The van der Waals surface area contributed by atoms with Gasteiger partial charge in [-0.1, -0.05) is 66.2 Å². The van der Waals surface area contributed by atoms with Gasteiger partial charge in [-0.15, -0.1) is 0 Å². The van der Waals surface area contributed by atoms with Crippen LogP contribution in [0.4, 0.5) is 0 Å². The van der Waals surface area contributed by atoms with Crippen molar-refractivity contribution in [1.82, 2.24) is 0 Å². The van der Waals surface area contributed by atoms with Crippen molar-refractivity contribution in [3.05, 3.63) is 76.8 Å². The highest BCUT2D eigenvalue weighted by Crippen LogP contribution is 2.11. The first-order chi connectivity index (χ1) is 7.84. The van der Waals surface area contributed by atoms with E-state index in [1.54, 1.807) is 0 Å². The van der Waals surface area contributed by atoms with Crippen molar-refractivity contribution >= 4 is 17.7 Å². The molecule has 2 rings (SSSR count). The largest absolute Gasteiger partial charge is 0.0843 e. The summed E-state index contributed by atoms with van der Waals surface area (Å²) in [6, 6.07) is 18.3. The fourth-order valence-corrected chi connectivity index (χ4v) is 1.64. The maximum absolute atomic E-state index is 5.82. The second kappa shape index (κ2) is 5.53. The maximum Gasteiger partial charge on any atom is 0.0406 e. The minimum absolute atomic E-state index is 0.788. The third-order valence-corrected chi connectivity index (χ3v) is 2.63. The highest BCUT2D eigenvalue weighted by molar-refractivity contribution is 6.30. The molecule has 0 N–H and O–H groups in total. The average Bonchev–Trinajstić information content (AvgIpc) is 2.33. The molecule has 0 nitrogen and oxygen atoms in total. The van der Waals surface area contributed by atoms with E-state index in [0.29, 0.717) is 0 Å². The standard InChI is InChI=1S/C15H13Cl/c16-15-11-9-14(10-12-15)8-4-7-13-5-2-1-3-6-13/h1-7,9-12H,8H2. The summed E-state index contributed by atoms with van der Waals surface area (Å²) in [6.07, 6.45) is 5.24. The molecule has 0 unspecified atom stereocenters. The Balaban J connectivity index is 1.97. The average molecular weight is 229 g/mol. The topological polar surface area (TPSA) is 0 Å². The Morgan fingerprint density at radius 3 is 2.25 bits per heavy atom. The first kappa shape index (κ1) is 11.0. The van der Waals surface area contributed by atoms with Crippen LogP contribution in [0.5, 0.6) is 0 Å². The molecular formula is C15H13Cl. The zero-order valence-corrected chi connectivity index (χ0v) is 9.69. The summed E-state index contributed by atoms with van der Waals surface area (Å²) in [5.74, 6) is 0. The Morgan fingerprint density at radius 2 is 1.56 bits per heavy atom. The van der Waals surface area contributed by atoms with Gasteiger partial charge in [0.25, 0.3) is 0 Å². The lowest BCUT2D eigenvalue weighted by atomic mass is 10.1. The van der Waals surface area contributed by atoms with Crippen molar-refractivity contribution in [1.29, 1.82) is 0 Å². The summed E-state index contributed by atoms with van der Waals surface area (Å²) in [7, 11) is 0. The van der Waals surface area contributed by atoms with Gasteiger partial charge in [0, 0.05) is 5.02 Å². The van der Waals surface area contributed by atoms with E-state index >= 15 is 0 Å². The summed E-state index contributed by atoms with van der Waals surface area (Å²) < 4.78 is 0. The van der Waals surface area contributed by atoms with Gasteiger partial charge in [-0.25, -0.2) is 0 Å². The number of hydrogen-bond acceptors (Lipinski definition) is 0. The summed E-state index contributed by atoms with van der Waals surface area (Å²) in [4.78, 5) is 0. The van der Waals surface area contributed by atoms with Crippen molar-refractivity contribution in [3.8, 4) is 0 Å². The molecule has 0 radical (unpaired) electrons. The van der Waals surface area contributed by atoms with E-state index in [0.717, 1.165) is 11.4 Å². The van der Waals surface area contributed by atoms with Crippen molar-refractivity contribution in [2.75, 3.05) is 0 Å². The Hall–Kier alpha value is -1.53. The summed E-state index contributed by atoms with van der Waals surface area (Å²) in [5, 5.41) is 0.788. The van der Waals surface area contributed by atoms with Crippen LogP contribution < -0.4 is 0 Å². The Labute approximate surface area is 101 Å². The van der Waals surface area contributed by atoms with Gasteiger partial charge >= 0.3 is 0 Å². The minimum atomic E-state index is 0.788. The number of rotatable bonds is 3. The van der Waals surface area contributed by atoms with Gasteiger partial charge in [0.05, 0.1) is 0 Å². The smallest absolute Gasteiger partial charge is 0.0406 e. The van der Waals surface area contributed by atoms with Gasteiger partial charge in [-0.05, 0) is 29.7 Å². The fourth-order valence-electron chi connectivity index (χ4n) is 1.52. The van der Waals surface area contributed by atoms with E-state index < -0.39 is 0 Å². The van der Waals surface area contributed by atoms with E-state index in [1.165, 1.54) is 11.1 Å². The molecule has 0 heterocycles. The van der Waals surface area contributed by atoms with E-state index in [4.69, 9.17) is 11.6 Å². The molecule has 2 aromatic rings. The molecule has 0 aliphatic carbocycles. The lowest BCUT2D eigenvalue weighted by molar-refractivity contribution is 1.28. The van der Waals surface area contributed by atoms with Crippen LogP contribution in [-0.2, 0) is 6.42 Å². The fraction of sp³-hybridized carbons (Fsp3) is 0.0667. The van der Waals surface area contributed by atoms with Crippen LogP contribution in [0.1, 0.15) is 11.1 Å². The second-order valence-corrected chi connectivity index (χ2v) is 4.08. The predicted octanol–water partition coefficient (Wildman–Crippen LogP) is 4.60. The van der Waals surface area contributed by atoms with Crippen LogP contribution in [0.15, 0.2) is 60.7 Å². The molecule has 0 saturated heterocycles. The quantitative estimate of drug-likeness (QED) is 0.721. The Kier molecular flexibility index (Phi) is 3.79. The van der Waals surface area contributed by atoms with E-state index in [9.17, 15) is 0 Å². The molecule has 0 bridgehead atoms. The molecule has 0 aliphatic heterocycles. The molecule has 0 aromatic heterocycles. The zero-order valence-electron chi connectivity index (χ0n) is 8.94. The van der Waals surface area contributed by atoms with Gasteiger partial charge in [0.15, 0.2) is 0 Å². The summed E-state index contributed by atoms with van der Waals surface area (Å²) in [5.41, 5.74) is 2.51. The molecule has 16 heavy (non-hydrogen) atoms. The number of hydrogen-bond donors (Lipinski definition) is 0. The minimum Gasteiger partial charge on any atom is -0.0843 e. The summed E-state index contributed by atoms with van der Waals surface area (Å²) >= 11 is 5.82. The Bertz CT molecular complexity index is 455. The first-order valence-electron chi connectivity index (χ1n) is 5.30. The first-order valence-corrected chi connectivity index (χ1v) is 5.68. The molecule has 2 aromatic carbocycles. The van der Waals surface area contributed by atoms with E-state index in [-0.39, 0.29) is 0 Å². The summed E-state index contributed by atoms with van der Waals surface area (Å²) in [6.45, 7) is 0. The van der Waals surface area contributed by atoms with Gasteiger partial charge in [-0.3, -0.25) is 0 Å². The van der Waals surface area contributed by atoms with Crippen molar-refractivity contribution < 1.29 is 0 Å². The zero-order chi connectivity index (χ0) is 11.2. The molecule has 0 aliphatic rings. The van der Waals surface area contributed by atoms with Crippen LogP contribution in [0.3, 0.4) is 0 Å². The highest BCUT2D eigenvalue weighted by Gasteiger charge is 1.90. The van der Waals surface area contributed by atoms with Crippen molar-refractivity contribution in [3.63, 3.8) is 0 Å². The monoisotopic (exact) mass is 228 g/mol. The molecular weight excluding hydrogens is 216 g/mol. The van der Waals surface area contributed by atoms with Crippen LogP contribution in [0.25, 0.3) is 6.08 Å². The van der Waals surface area contributed by atoms with Crippen LogP contribution in [0.2, 0.25) is 5.02 Å². The molecule has 0 amide bonds. The van der Waals surface area contributed by atoms with Gasteiger partial charge in [0.2, 0.25) is 0 Å². The molecule has 0 fully saturated rings. The highest BCUT2D eigenvalue weighted by atomic mass is 35.5. The Morgan fingerprint density at radius 1 is 0.875 bits per heavy atom. The molecule has 1 heteroatoms. The number of allylic oxidation sites excluding steroid dienone is 1. The molecule has 0 spiro atoms. The number of halogens is 1. The van der Waals surface area contributed by atoms with Crippen LogP contribution in [0, 0.1) is 0 Å². The third kappa shape index (κ3) is 3.25. The molecule has 0 atom stereocenters. The number of benzene rings is 2. The SMILES string of the molecule is Clc1ccc(CC=Cc2ccccc2)cc1. The second-order valence-electron chi connectivity index (χ2n) is 3.64. The lowest BCUT2D eigenvalue weighted by Crippen LogP contribution is -1.79. The van der Waals surface area contributed by atoms with Crippen LogP contribution in [-0.4, -0.2) is 0 Å². The maximum atomic E-state index is 5.82. The molecule has 80 valence electrons. The van der Waals surface area contributed by atoms with Gasteiger partial charge in [0.1, 0.15) is 0 Å². The molecule has 0 saturated carbocycles. The van der Waals surface area contributed by atoms with E-state index in [2.05, 4.69) is 36.4 Å². The van der Waals surface area contributed by atoms with Crippen molar-refractivity contribution in [2.24, 2.45) is 0 Å². The van der Waals surface area contributed by atoms with Crippen molar-refractivity contribution in [2.45, 2.75) is 6.42 Å². The third-order valence-electron chi connectivity index (χ3n) is 2.38. The van der Waals surface area contributed by atoms with Gasteiger partial charge < -0.3 is 0 Å². The van der Waals surface area contributed by atoms with E-state index in [1.807, 2.05) is 30.3 Å².